The number of unbranched alkanes of at least 4 members (excludes halogenated alkanes) is 4. The van der Waals surface area contributed by atoms with Gasteiger partial charge in [-0.1, -0.05) is 68.1 Å². The molecule has 0 aliphatic heterocycles. The zero-order valence-electron chi connectivity index (χ0n) is 16.7. The monoisotopic (exact) mass is 420 g/mol. The number of thioether (sulfide) groups is 1. The number of rotatable bonds is 12. The minimum absolute atomic E-state index is 0.0929. The summed E-state index contributed by atoms with van der Waals surface area (Å²) < 4.78 is 2.05. The number of carbonyl (C=O) groups is 1. The molecule has 2 rings (SSSR count). The number of amides is 1. The molecule has 0 spiro atoms. The summed E-state index contributed by atoms with van der Waals surface area (Å²) in [6, 6.07) is 5.48. The fraction of sp³-hybridized carbons (Fsp3) is 0.476. The molecule has 0 bridgehead atoms. The van der Waals surface area contributed by atoms with E-state index >= 15 is 0 Å². The standard InChI is InChI=1S/C21H29ClN4OS/c1-4-6-7-8-9-13-19-24-25-21(26(19)14-5-2)28-15-20(27)23-18-12-10-11-17(22)16(18)3/h5,10-12H,2,4,6-9,13-15H2,1,3H3,(H,23,27). The van der Waals surface area contributed by atoms with E-state index in [2.05, 4.69) is 33.6 Å². The lowest BCUT2D eigenvalue weighted by molar-refractivity contribution is -0.113. The molecule has 152 valence electrons. The van der Waals surface area contributed by atoms with Crippen molar-refractivity contribution in [1.29, 1.82) is 0 Å². The quantitative estimate of drug-likeness (QED) is 0.273. The van der Waals surface area contributed by atoms with E-state index in [0.717, 1.165) is 35.1 Å². The molecule has 5 nitrogen and oxygen atoms in total. The van der Waals surface area contributed by atoms with E-state index < -0.39 is 0 Å². The van der Waals surface area contributed by atoms with Crippen molar-refractivity contribution in [3.8, 4) is 0 Å². The van der Waals surface area contributed by atoms with Crippen LogP contribution >= 0.6 is 23.4 Å². The normalized spacial score (nSPS) is 10.8. The second kappa shape index (κ2) is 11.9. The maximum Gasteiger partial charge on any atom is 0.234 e. The average molecular weight is 421 g/mol. The molecule has 0 atom stereocenters. The number of hydrogen-bond donors (Lipinski definition) is 1. The Morgan fingerprint density at radius 1 is 1.29 bits per heavy atom. The third-order valence-corrected chi connectivity index (χ3v) is 5.86. The second-order valence-electron chi connectivity index (χ2n) is 6.71. The third kappa shape index (κ3) is 6.67. The van der Waals surface area contributed by atoms with Crippen LogP contribution in [0.15, 0.2) is 36.0 Å². The van der Waals surface area contributed by atoms with E-state index in [1.807, 2.05) is 31.2 Å². The first-order valence-electron chi connectivity index (χ1n) is 9.77. The zero-order valence-corrected chi connectivity index (χ0v) is 18.3. The van der Waals surface area contributed by atoms with Crippen LogP contribution in [0.2, 0.25) is 5.02 Å². The Morgan fingerprint density at radius 2 is 2.07 bits per heavy atom. The highest BCUT2D eigenvalue weighted by Crippen LogP contribution is 2.24. The molecule has 28 heavy (non-hydrogen) atoms. The van der Waals surface area contributed by atoms with Crippen molar-refractivity contribution >= 4 is 35.0 Å². The summed E-state index contributed by atoms with van der Waals surface area (Å²) in [4.78, 5) is 12.3. The van der Waals surface area contributed by atoms with Crippen LogP contribution in [0.5, 0.6) is 0 Å². The van der Waals surface area contributed by atoms with Gasteiger partial charge in [0.05, 0.1) is 5.75 Å². The van der Waals surface area contributed by atoms with Crippen LogP contribution in [0, 0.1) is 6.92 Å². The molecular formula is C21H29ClN4OS. The van der Waals surface area contributed by atoms with Crippen LogP contribution in [0.3, 0.4) is 0 Å². The van der Waals surface area contributed by atoms with E-state index in [0.29, 0.717) is 11.6 Å². The number of carbonyl (C=O) groups excluding carboxylic acids is 1. The number of anilines is 1. The van der Waals surface area contributed by atoms with Crippen LogP contribution in [0.25, 0.3) is 0 Å². The van der Waals surface area contributed by atoms with Crippen molar-refractivity contribution in [3.63, 3.8) is 0 Å². The van der Waals surface area contributed by atoms with Gasteiger partial charge in [-0.15, -0.1) is 16.8 Å². The molecule has 2 aromatic rings. The minimum Gasteiger partial charge on any atom is -0.325 e. The van der Waals surface area contributed by atoms with Gasteiger partial charge in [0.15, 0.2) is 5.16 Å². The van der Waals surface area contributed by atoms with E-state index in [1.54, 1.807) is 0 Å². The number of hydrogen-bond acceptors (Lipinski definition) is 4. The number of halogens is 1. The molecular weight excluding hydrogens is 392 g/mol. The minimum atomic E-state index is -0.0929. The summed E-state index contributed by atoms with van der Waals surface area (Å²) in [7, 11) is 0. The fourth-order valence-electron chi connectivity index (χ4n) is 2.87. The van der Waals surface area contributed by atoms with E-state index in [-0.39, 0.29) is 11.7 Å². The Morgan fingerprint density at radius 3 is 2.82 bits per heavy atom. The van der Waals surface area contributed by atoms with Gasteiger partial charge in [0.25, 0.3) is 0 Å². The first kappa shape index (κ1) is 22.5. The lowest BCUT2D eigenvalue weighted by atomic mass is 10.1. The topological polar surface area (TPSA) is 59.8 Å². The predicted molar refractivity (Wildman–Crippen MR) is 118 cm³/mol. The maximum absolute atomic E-state index is 12.3. The number of aromatic nitrogens is 3. The van der Waals surface area contributed by atoms with Crippen LogP contribution in [0.1, 0.15) is 50.4 Å². The van der Waals surface area contributed by atoms with E-state index in [1.165, 1.54) is 37.4 Å². The summed E-state index contributed by atoms with van der Waals surface area (Å²) >= 11 is 7.50. The largest absolute Gasteiger partial charge is 0.325 e. The Hall–Kier alpha value is -1.79. The van der Waals surface area contributed by atoms with Gasteiger partial charge in [-0.2, -0.15) is 0 Å². The van der Waals surface area contributed by atoms with Crippen LogP contribution in [0.4, 0.5) is 5.69 Å². The predicted octanol–water partition coefficient (Wildman–Crippen LogP) is 5.67. The molecule has 0 unspecified atom stereocenters. The fourth-order valence-corrected chi connectivity index (χ4v) is 3.81. The van der Waals surface area contributed by atoms with Crippen molar-refractivity contribution < 1.29 is 4.79 Å². The SMILES string of the molecule is C=CCn1c(CCCCCCC)nnc1SCC(=O)Nc1cccc(Cl)c1C. The van der Waals surface area contributed by atoms with Gasteiger partial charge in [-0.05, 0) is 31.0 Å². The number of benzene rings is 1. The molecule has 7 heteroatoms. The Labute approximate surface area is 177 Å². The lowest BCUT2D eigenvalue weighted by Crippen LogP contribution is -2.15. The van der Waals surface area contributed by atoms with Gasteiger partial charge in [0.2, 0.25) is 5.91 Å². The van der Waals surface area contributed by atoms with Crippen molar-refractivity contribution in [2.45, 2.75) is 64.1 Å². The first-order chi connectivity index (χ1) is 13.6. The third-order valence-electron chi connectivity index (χ3n) is 4.48. The average Bonchev–Trinajstić information content (AvgIpc) is 3.06. The van der Waals surface area contributed by atoms with E-state index in [4.69, 9.17) is 11.6 Å². The van der Waals surface area contributed by atoms with E-state index in [9.17, 15) is 4.79 Å². The Balaban J connectivity index is 1.92. The van der Waals surface area contributed by atoms with Gasteiger partial charge in [0, 0.05) is 23.7 Å². The van der Waals surface area contributed by atoms with Crippen LogP contribution in [-0.2, 0) is 17.8 Å². The first-order valence-corrected chi connectivity index (χ1v) is 11.1. The number of nitrogens with one attached hydrogen (secondary N) is 1. The molecule has 1 amide bonds. The number of allylic oxidation sites excluding steroid dienone is 1. The lowest BCUT2D eigenvalue weighted by Gasteiger charge is -2.10. The maximum atomic E-state index is 12.3. The zero-order chi connectivity index (χ0) is 20.4. The van der Waals surface area contributed by atoms with Crippen molar-refractivity contribution in [2.75, 3.05) is 11.1 Å². The molecule has 0 fully saturated rings. The van der Waals surface area contributed by atoms with Gasteiger partial charge >= 0.3 is 0 Å². The van der Waals surface area contributed by atoms with Gasteiger partial charge in [0.1, 0.15) is 5.82 Å². The Bertz CT molecular complexity index is 791. The van der Waals surface area contributed by atoms with Crippen molar-refractivity contribution in [1.82, 2.24) is 14.8 Å². The molecule has 0 saturated heterocycles. The van der Waals surface area contributed by atoms with Gasteiger partial charge in [-0.3, -0.25) is 4.79 Å². The summed E-state index contributed by atoms with van der Waals surface area (Å²) in [5.74, 6) is 1.13. The summed E-state index contributed by atoms with van der Waals surface area (Å²) in [5.41, 5.74) is 1.60. The highest BCUT2D eigenvalue weighted by Gasteiger charge is 2.14. The number of aryl methyl sites for hydroxylation is 1. The molecule has 1 aromatic carbocycles. The summed E-state index contributed by atoms with van der Waals surface area (Å²) in [5, 5.41) is 12.9. The molecule has 1 heterocycles. The smallest absolute Gasteiger partial charge is 0.234 e. The summed E-state index contributed by atoms with van der Waals surface area (Å²) in [6.07, 6.45) is 8.83. The Kier molecular flexibility index (Phi) is 9.58. The molecule has 0 aliphatic rings. The van der Waals surface area contributed by atoms with Gasteiger partial charge in [-0.25, -0.2) is 0 Å². The van der Waals surface area contributed by atoms with Crippen molar-refractivity contribution in [3.05, 3.63) is 47.3 Å². The van der Waals surface area contributed by atoms with Crippen LogP contribution in [-0.4, -0.2) is 26.4 Å². The van der Waals surface area contributed by atoms with Gasteiger partial charge < -0.3 is 9.88 Å². The molecule has 0 radical (unpaired) electrons. The van der Waals surface area contributed by atoms with Crippen molar-refractivity contribution in [2.24, 2.45) is 0 Å². The highest BCUT2D eigenvalue weighted by atomic mass is 35.5. The molecule has 1 aromatic heterocycles. The second-order valence-corrected chi connectivity index (χ2v) is 8.06. The number of nitrogens with zero attached hydrogens (tertiary/aromatic N) is 3. The summed E-state index contributed by atoms with van der Waals surface area (Å²) in [6.45, 7) is 8.58. The highest BCUT2D eigenvalue weighted by molar-refractivity contribution is 7.99. The molecule has 1 N–H and O–H groups in total. The van der Waals surface area contributed by atoms with Crippen LogP contribution < -0.4 is 5.32 Å². The molecule has 0 saturated carbocycles. The molecule has 0 aliphatic carbocycles.